The molecule has 2 heterocycles. The van der Waals surface area contributed by atoms with Gasteiger partial charge in [0.05, 0.1) is 27.8 Å². The topological polar surface area (TPSA) is 21.3 Å². The highest BCUT2D eigenvalue weighted by molar-refractivity contribution is 6.18. The third-order valence-corrected chi connectivity index (χ3v) is 12.7. The van der Waals surface area contributed by atoms with E-state index in [1.807, 2.05) is 0 Å². The molecule has 0 aliphatic heterocycles. The van der Waals surface area contributed by atoms with Crippen LogP contribution in [-0.2, 0) is 0 Å². The molecule has 2 aromatic heterocycles. The van der Waals surface area contributed by atoms with E-state index in [-0.39, 0.29) is 0 Å². The Morgan fingerprint density at radius 1 is 0.375 bits per heavy atom. The number of anilines is 3. The average Bonchev–Trinajstić information content (AvgIpc) is 3.92. The fourth-order valence-corrected chi connectivity index (χ4v) is 9.84. The Morgan fingerprint density at radius 2 is 0.875 bits per heavy atom. The highest BCUT2D eigenvalue weighted by Crippen LogP contribution is 2.49. The van der Waals surface area contributed by atoms with Crippen molar-refractivity contribution in [3.63, 3.8) is 0 Å². The molecule has 0 amide bonds. The molecule has 0 N–H and O–H groups in total. The molecule has 0 aliphatic carbocycles. The maximum atomic E-state index is 7.08. The van der Waals surface area contributed by atoms with Crippen LogP contribution in [0.3, 0.4) is 0 Å². The molecule has 0 atom stereocenters. The zero-order valence-corrected chi connectivity index (χ0v) is 35.3. The first-order chi connectivity index (χ1) is 31.7. The van der Waals surface area contributed by atoms with Gasteiger partial charge in [-0.05, 0) is 107 Å². The lowest BCUT2D eigenvalue weighted by molar-refractivity contribution is 0.670. The minimum Gasteiger partial charge on any atom is -0.455 e. The van der Waals surface area contributed by atoms with E-state index in [4.69, 9.17) is 4.42 Å². The monoisotopic (exact) mass is 818 g/mol. The second-order valence-corrected chi connectivity index (χ2v) is 16.5. The van der Waals surface area contributed by atoms with Gasteiger partial charge in [0.1, 0.15) is 11.2 Å². The predicted octanol–water partition coefficient (Wildman–Crippen LogP) is 17.1. The van der Waals surface area contributed by atoms with Crippen molar-refractivity contribution >= 4 is 60.8 Å². The van der Waals surface area contributed by atoms with Crippen molar-refractivity contribution < 1.29 is 4.42 Å². The minimum absolute atomic E-state index is 0.846. The Hall–Kier alpha value is -8.40. The number of aromatic nitrogens is 1. The number of para-hydroxylation sites is 4. The van der Waals surface area contributed by atoms with Crippen molar-refractivity contribution in [3.8, 4) is 50.2 Å². The lowest BCUT2D eigenvalue weighted by atomic mass is 9.93. The van der Waals surface area contributed by atoms with Gasteiger partial charge in [0.25, 0.3) is 0 Å². The average molecular weight is 819 g/mol. The van der Waals surface area contributed by atoms with Crippen LogP contribution in [0, 0.1) is 6.92 Å². The molecule has 3 heteroatoms. The molecule has 64 heavy (non-hydrogen) atoms. The van der Waals surface area contributed by atoms with Gasteiger partial charge < -0.3 is 13.9 Å². The standard InChI is InChI=1S/C61H42N2O/c1-41-39-45(33-35-47(41)42-19-5-2-6-20-42)62(46-34-36-48(43-21-7-3-8-22-43)54(40-46)44-23-9-4-10-24-44)58-38-37-52(61-60(58)53-28-14-18-32-59(53)64-61)51-27-13-17-31-57(51)63-55-29-15-11-25-49(55)50-26-12-16-30-56(50)63/h2-40H,1H3. The summed E-state index contributed by atoms with van der Waals surface area (Å²) in [6.07, 6.45) is 0. The maximum Gasteiger partial charge on any atom is 0.145 e. The van der Waals surface area contributed by atoms with Crippen molar-refractivity contribution in [1.29, 1.82) is 0 Å². The number of nitrogens with zero attached hydrogens (tertiary/aromatic N) is 2. The van der Waals surface area contributed by atoms with Gasteiger partial charge in [0.2, 0.25) is 0 Å². The van der Waals surface area contributed by atoms with Gasteiger partial charge in [-0.1, -0.05) is 176 Å². The van der Waals surface area contributed by atoms with Crippen molar-refractivity contribution in [1.82, 2.24) is 4.57 Å². The summed E-state index contributed by atoms with van der Waals surface area (Å²) < 4.78 is 9.49. The Morgan fingerprint density at radius 3 is 1.53 bits per heavy atom. The van der Waals surface area contributed by atoms with Crippen molar-refractivity contribution in [3.05, 3.63) is 242 Å². The Labute approximate surface area is 372 Å². The second kappa shape index (κ2) is 15.5. The molecule has 0 unspecified atom stereocenters. The SMILES string of the molecule is Cc1cc(N(c2ccc(-c3ccccc3)c(-c3ccccc3)c2)c2ccc(-c3ccccc3-n3c4ccccc4c4ccccc43)c3oc4ccccc4c23)ccc1-c1ccccc1. The molecular weight excluding hydrogens is 777 g/mol. The fourth-order valence-electron chi connectivity index (χ4n) is 9.84. The third-order valence-electron chi connectivity index (χ3n) is 12.7. The van der Waals surface area contributed by atoms with Crippen LogP contribution in [0.15, 0.2) is 241 Å². The molecule has 12 rings (SSSR count). The lowest BCUT2D eigenvalue weighted by Crippen LogP contribution is -2.11. The first-order valence-corrected chi connectivity index (χ1v) is 21.9. The fraction of sp³-hybridized carbons (Fsp3) is 0.0164. The highest BCUT2D eigenvalue weighted by Gasteiger charge is 2.25. The number of hydrogen-bond donors (Lipinski definition) is 0. The summed E-state index contributed by atoms with van der Waals surface area (Å²) in [5, 5.41) is 4.59. The molecule has 302 valence electrons. The second-order valence-electron chi connectivity index (χ2n) is 16.5. The first kappa shape index (κ1) is 37.4. The van der Waals surface area contributed by atoms with Gasteiger partial charge in [0.15, 0.2) is 0 Å². The van der Waals surface area contributed by atoms with Gasteiger partial charge >= 0.3 is 0 Å². The van der Waals surface area contributed by atoms with Crippen LogP contribution in [0.25, 0.3) is 93.9 Å². The zero-order chi connectivity index (χ0) is 42.6. The summed E-state index contributed by atoms with van der Waals surface area (Å²) in [7, 11) is 0. The van der Waals surface area contributed by atoms with Crippen LogP contribution >= 0.6 is 0 Å². The molecule has 3 nitrogen and oxygen atoms in total. The van der Waals surface area contributed by atoms with E-state index in [2.05, 4.69) is 253 Å². The summed E-state index contributed by atoms with van der Waals surface area (Å²) in [4.78, 5) is 2.43. The number of rotatable bonds is 8. The van der Waals surface area contributed by atoms with E-state index in [0.29, 0.717) is 0 Å². The van der Waals surface area contributed by atoms with Crippen LogP contribution in [-0.4, -0.2) is 4.57 Å². The molecule has 10 aromatic carbocycles. The lowest BCUT2D eigenvalue weighted by Gasteiger charge is -2.28. The van der Waals surface area contributed by atoms with E-state index >= 15 is 0 Å². The quantitative estimate of drug-likeness (QED) is 0.152. The molecule has 0 radical (unpaired) electrons. The smallest absolute Gasteiger partial charge is 0.145 e. The first-order valence-electron chi connectivity index (χ1n) is 21.9. The summed E-state index contributed by atoms with van der Waals surface area (Å²) in [6.45, 7) is 2.22. The number of hydrogen-bond acceptors (Lipinski definition) is 2. The van der Waals surface area contributed by atoms with Crippen LogP contribution in [0.1, 0.15) is 5.56 Å². The van der Waals surface area contributed by atoms with Crippen LogP contribution in [0.5, 0.6) is 0 Å². The Bertz CT molecular complexity index is 3620. The largest absolute Gasteiger partial charge is 0.455 e. The molecule has 12 aromatic rings. The summed E-state index contributed by atoms with van der Waals surface area (Å²) in [5.74, 6) is 0. The van der Waals surface area contributed by atoms with Gasteiger partial charge in [-0.3, -0.25) is 0 Å². The molecular formula is C61H42N2O. The van der Waals surface area contributed by atoms with Crippen molar-refractivity contribution in [2.75, 3.05) is 4.90 Å². The van der Waals surface area contributed by atoms with Crippen molar-refractivity contribution in [2.45, 2.75) is 6.92 Å². The van der Waals surface area contributed by atoms with Crippen molar-refractivity contribution in [2.24, 2.45) is 0 Å². The Balaban J connectivity index is 1.13. The molecule has 0 spiro atoms. The molecule has 0 fully saturated rings. The van der Waals surface area contributed by atoms with Gasteiger partial charge in [-0.15, -0.1) is 0 Å². The third kappa shape index (κ3) is 6.20. The van der Waals surface area contributed by atoms with E-state index < -0.39 is 0 Å². The highest BCUT2D eigenvalue weighted by atomic mass is 16.3. The van der Waals surface area contributed by atoms with Gasteiger partial charge in [-0.2, -0.15) is 0 Å². The molecule has 0 saturated heterocycles. The van der Waals surface area contributed by atoms with Crippen LogP contribution in [0.2, 0.25) is 0 Å². The normalized spacial score (nSPS) is 11.5. The van der Waals surface area contributed by atoms with E-state index in [9.17, 15) is 0 Å². The Kier molecular flexibility index (Phi) is 9.05. The number of fused-ring (bicyclic) bond motifs is 6. The summed E-state index contributed by atoms with van der Waals surface area (Å²) in [6, 6.07) is 85.1. The van der Waals surface area contributed by atoms with Crippen LogP contribution in [0.4, 0.5) is 17.1 Å². The van der Waals surface area contributed by atoms with Crippen LogP contribution < -0.4 is 4.90 Å². The maximum absolute atomic E-state index is 7.08. The predicted molar refractivity (Wildman–Crippen MR) is 269 cm³/mol. The number of benzene rings is 10. The van der Waals surface area contributed by atoms with E-state index in [0.717, 1.165) is 66.9 Å². The summed E-state index contributed by atoms with van der Waals surface area (Å²) in [5.41, 5.74) is 18.7. The number of furan rings is 1. The van der Waals surface area contributed by atoms with E-state index in [1.54, 1.807) is 0 Å². The number of aryl methyl sites for hydroxylation is 1. The van der Waals surface area contributed by atoms with Gasteiger partial charge in [-0.25, -0.2) is 0 Å². The zero-order valence-electron chi connectivity index (χ0n) is 35.3. The van der Waals surface area contributed by atoms with E-state index in [1.165, 1.54) is 49.6 Å². The minimum atomic E-state index is 0.846. The van der Waals surface area contributed by atoms with Gasteiger partial charge in [0, 0.05) is 38.7 Å². The molecule has 0 aliphatic rings. The molecule has 0 bridgehead atoms. The summed E-state index contributed by atoms with van der Waals surface area (Å²) >= 11 is 0. The molecule has 0 saturated carbocycles.